The molecule has 0 unspecified atom stereocenters. The number of ether oxygens (including phenoxy) is 1. The summed E-state index contributed by atoms with van der Waals surface area (Å²) in [6.45, 7) is 1.29. The van der Waals surface area contributed by atoms with Crippen LogP contribution in [0.1, 0.15) is 12.7 Å². The van der Waals surface area contributed by atoms with E-state index in [1.165, 1.54) is 17.6 Å². The first-order valence-corrected chi connectivity index (χ1v) is 7.97. The molecule has 0 spiro atoms. The fraction of sp³-hybridized carbons (Fsp3) is 0.118. The van der Waals surface area contributed by atoms with E-state index in [9.17, 15) is 9.59 Å². The van der Waals surface area contributed by atoms with Crippen molar-refractivity contribution in [3.8, 4) is 11.4 Å². The molecule has 24 heavy (non-hydrogen) atoms. The summed E-state index contributed by atoms with van der Waals surface area (Å²) in [6, 6.07) is 11.6. The Morgan fingerprint density at radius 2 is 2.00 bits per heavy atom. The molecule has 0 aliphatic carbocycles. The van der Waals surface area contributed by atoms with Gasteiger partial charge in [0.05, 0.1) is 27.5 Å². The molecule has 7 heteroatoms. The van der Waals surface area contributed by atoms with E-state index in [-0.39, 0.29) is 17.2 Å². The van der Waals surface area contributed by atoms with Crippen LogP contribution in [-0.4, -0.2) is 15.5 Å². The van der Waals surface area contributed by atoms with Gasteiger partial charge in [0.1, 0.15) is 11.6 Å². The maximum atomic E-state index is 13.0. The lowest BCUT2D eigenvalue weighted by Gasteiger charge is -2.13. The van der Waals surface area contributed by atoms with Crippen LogP contribution in [0.25, 0.3) is 16.6 Å². The van der Waals surface area contributed by atoms with E-state index in [0.29, 0.717) is 27.4 Å². The number of hydrogen-bond donors (Lipinski definition) is 0. The van der Waals surface area contributed by atoms with Gasteiger partial charge in [0.25, 0.3) is 5.56 Å². The molecule has 3 rings (SSSR count). The number of halogens is 2. The van der Waals surface area contributed by atoms with E-state index >= 15 is 0 Å². The molecule has 0 amide bonds. The number of benzene rings is 2. The van der Waals surface area contributed by atoms with Gasteiger partial charge < -0.3 is 4.74 Å². The van der Waals surface area contributed by atoms with Crippen molar-refractivity contribution in [3.63, 3.8) is 0 Å². The first-order chi connectivity index (χ1) is 11.5. The second-order valence-corrected chi connectivity index (χ2v) is 5.70. The van der Waals surface area contributed by atoms with E-state index in [1.54, 1.807) is 36.4 Å². The van der Waals surface area contributed by atoms with Crippen LogP contribution in [0.2, 0.25) is 5.02 Å². The third-order valence-electron chi connectivity index (χ3n) is 3.38. The highest BCUT2D eigenvalue weighted by molar-refractivity contribution is 6.32. The van der Waals surface area contributed by atoms with E-state index in [4.69, 9.17) is 27.9 Å². The number of rotatable bonds is 3. The Bertz CT molecular complexity index is 999. The molecule has 0 aliphatic heterocycles. The monoisotopic (exact) mass is 362 g/mol. The molecule has 5 nitrogen and oxygen atoms in total. The van der Waals surface area contributed by atoms with Crippen molar-refractivity contribution in [3.05, 3.63) is 63.7 Å². The van der Waals surface area contributed by atoms with Gasteiger partial charge >= 0.3 is 5.97 Å². The van der Waals surface area contributed by atoms with E-state index in [1.807, 2.05) is 0 Å². The molecule has 2 aromatic carbocycles. The molecule has 0 N–H and O–H groups in total. The summed E-state index contributed by atoms with van der Waals surface area (Å²) in [5.41, 5.74) is 0.625. The highest BCUT2D eigenvalue weighted by Crippen LogP contribution is 2.23. The van der Waals surface area contributed by atoms with Crippen LogP contribution in [0.15, 0.2) is 47.3 Å². The van der Waals surface area contributed by atoms with Crippen LogP contribution in [0, 0.1) is 0 Å². The standard InChI is InChI=1S/C17H12Cl2N2O3/c1-10(22)24-11-6-7-14-12(8-11)17(23)21(16(9-18)20-14)15-5-3-2-4-13(15)19/h2-8H,9H2,1H3. The van der Waals surface area contributed by atoms with Crippen LogP contribution in [0.5, 0.6) is 5.75 Å². The molecule has 0 bridgehead atoms. The lowest BCUT2D eigenvalue weighted by atomic mass is 10.2. The summed E-state index contributed by atoms with van der Waals surface area (Å²) in [5.74, 6) is 0.231. The van der Waals surface area contributed by atoms with Gasteiger partial charge in [-0.3, -0.25) is 14.2 Å². The molecular weight excluding hydrogens is 351 g/mol. The number of aromatic nitrogens is 2. The summed E-state index contributed by atoms with van der Waals surface area (Å²) in [6.07, 6.45) is 0. The van der Waals surface area contributed by atoms with Crippen molar-refractivity contribution >= 4 is 40.1 Å². The zero-order valence-electron chi connectivity index (χ0n) is 12.6. The third-order valence-corrected chi connectivity index (χ3v) is 3.94. The molecule has 1 heterocycles. The first-order valence-electron chi connectivity index (χ1n) is 7.06. The minimum absolute atomic E-state index is 0.0438. The average molecular weight is 363 g/mol. The maximum absolute atomic E-state index is 13.0. The third kappa shape index (κ3) is 3.00. The van der Waals surface area contributed by atoms with E-state index in [2.05, 4.69) is 4.98 Å². The van der Waals surface area contributed by atoms with Crippen LogP contribution in [-0.2, 0) is 10.7 Å². The minimum Gasteiger partial charge on any atom is -0.427 e. The SMILES string of the molecule is CC(=O)Oc1ccc2nc(CCl)n(-c3ccccc3Cl)c(=O)c2c1. The van der Waals surface area contributed by atoms with E-state index in [0.717, 1.165) is 0 Å². The summed E-state index contributed by atoms with van der Waals surface area (Å²) in [4.78, 5) is 28.5. The highest BCUT2D eigenvalue weighted by Gasteiger charge is 2.15. The molecule has 0 radical (unpaired) electrons. The molecule has 122 valence electrons. The van der Waals surface area contributed by atoms with Gasteiger partial charge in [0.2, 0.25) is 0 Å². The predicted octanol–water partition coefficient (Wildman–Crippen LogP) is 3.70. The summed E-state index contributed by atoms with van der Waals surface area (Å²) in [5, 5.41) is 0.714. The van der Waals surface area contributed by atoms with Gasteiger partial charge in [-0.25, -0.2) is 4.98 Å². The van der Waals surface area contributed by atoms with Crippen molar-refractivity contribution in [2.24, 2.45) is 0 Å². The number of fused-ring (bicyclic) bond motifs is 1. The molecule has 0 saturated carbocycles. The quantitative estimate of drug-likeness (QED) is 0.404. The van der Waals surface area contributed by atoms with Crippen LogP contribution < -0.4 is 10.3 Å². The largest absolute Gasteiger partial charge is 0.427 e. The Labute approximate surface area is 147 Å². The molecule has 0 aliphatic rings. The zero-order chi connectivity index (χ0) is 17.3. The van der Waals surface area contributed by atoms with Gasteiger partial charge in [-0.15, -0.1) is 11.6 Å². The molecule has 0 saturated heterocycles. The van der Waals surface area contributed by atoms with Gasteiger partial charge in [-0.2, -0.15) is 0 Å². The maximum Gasteiger partial charge on any atom is 0.308 e. The van der Waals surface area contributed by atoms with E-state index < -0.39 is 5.97 Å². The number of esters is 1. The second-order valence-electron chi connectivity index (χ2n) is 5.03. The van der Waals surface area contributed by atoms with Crippen LogP contribution in [0.4, 0.5) is 0 Å². The number of nitrogens with zero attached hydrogens (tertiary/aromatic N) is 2. The van der Waals surface area contributed by atoms with Gasteiger partial charge in [0.15, 0.2) is 0 Å². The molecule has 3 aromatic rings. The van der Waals surface area contributed by atoms with Gasteiger partial charge in [-0.05, 0) is 30.3 Å². The molecule has 1 aromatic heterocycles. The fourth-order valence-corrected chi connectivity index (χ4v) is 2.81. The van der Waals surface area contributed by atoms with Gasteiger partial charge in [-0.1, -0.05) is 23.7 Å². The number of hydrogen-bond acceptors (Lipinski definition) is 4. The van der Waals surface area contributed by atoms with Crippen molar-refractivity contribution < 1.29 is 9.53 Å². The summed E-state index contributed by atoms with van der Waals surface area (Å²) >= 11 is 12.2. The minimum atomic E-state index is -0.467. The Balaban J connectivity index is 2.32. The van der Waals surface area contributed by atoms with Crippen molar-refractivity contribution in [2.75, 3.05) is 0 Å². The Kier molecular flexibility index (Phi) is 4.55. The smallest absolute Gasteiger partial charge is 0.308 e. The number of carbonyl (C=O) groups is 1. The van der Waals surface area contributed by atoms with Crippen LogP contribution >= 0.6 is 23.2 Å². The highest BCUT2D eigenvalue weighted by atomic mass is 35.5. The van der Waals surface area contributed by atoms with Crippen LogP contribution in [0.3, 0.4) is 0 Å². The zero-order valence-corrected chi connectivity index (χ0v) is 14.1. The normalized spacial score (nSPS) is 10.8. The number of para-hydroxylation sites is 1. The number of alkyl halides is 1. The molecule has 0 atom stereocenters. The summed E-state index contributed by atoms with van der Waals surface area (Å²) in [7, 11) is 0. The number of carbonyl (C=O) groups excluding carboxylic acids is 1. The summed E-state index contributed by atoms with van der Waals surface area (Å²) < 4.78 is 6.41. The first kappa shape index (κ1) is 16.5. The topological polar surface area (TPSA) is 61.2 Å². The Morgan fingerprint density at radius 1 is 1.25 bits per heavy atom. The van der Waals surface area contributed by atoms with Crippen molar-refractivity contribution in [1.29, 1.82) is 0 Å². The van der Waals surface area contributed by atoms with Crippen molar-refractivity contribution in [1.82, 2.24) is 9.55 Å². The lowest BCUT2D eigenvalue weighted by molar-refractivity contribution is -0.131. The van der Waals surface area contributed by atoms with Gasteiger partial charge in [0, 0.05) is 6.92 Å². The fourth-order valence-electron chi connectivity index (χ4n) is 2.41. The Morgan fingerprint density at radius 3 is 2.67 bits per heavy atom. The molecule has 0 fully saturated rings. The Hall–Kier alpha value is -2.37. The average Bonchev–Trinajstić information content (AvgIpc) is 2.55. The predicted molar refractivity (Wildman–Crippen MR) is 93.2 cm³/mol. The van der Waals surface area contributed by atoms with Crippen molar-refractivity contribution in [2.45, 2.75) is 12.8 Å². The lowest BCUT2D eigenvalue weighted by Crippen LogP contribution is -2.23. The molecular formula is C17H12Cl2N2O3. The second kappa shape index (κ2) is 6.63.